The third-order valence-electron chi connectivity index (χ3n) is 11.7. The van der Waals surface area contributed by atoms with E-state index in [9.17, 15) is 14.7 Å². The van der Waals surface area contributed by atoms with E-state index in [0.29, 0.717) is 30.3 Å². The molecule has 3 aliphatic heterocycles. The molecule has 10 unspecified atom stereocenters. The van der Waals surface area contributed by atoms with Gasteiger partial charge in [0.15, 0.2) is 0 Å². The lowest BCUT2D eigenvalue weighted by molar-refractivity contribution is -0.175. The van der Waals surface area contributed by atoms with Gasteiger partial charge in [0, 0.05) is 32.8 Å². The maximum absolute atomic E-state index is 14.2. The molecule has 3 heterocycles. The Hall–Kier alpha value is -1.26. The maximum atomic E-state index is 14.2. The predicted molar refractivity (Wildman–Crippen MR) is 149 cm³/mol. The summed E-state index contributed by atoms with van der Waals surface area (Å²) in [6.07, 6.45) is 10.1. The average molecular weight is 562 g/mol. The first-order chi connectivity index (χ1) is 19.4. The number of amides is 2. The quantitative estimate of drug-likeness (QED) is 0.417. The van der Waals surface area contributed by atoms with Crippen LogP contribution in [-0.2, 0) is 23.8 Å². The molecule has 6 aliphatic rings. The minimum Gasteiger partial charge on any atom is -0.391 e. The van der Waals surface area contributed by atoms with Crippen LogP contribution in [0.25, 0.3) is 0 Å². The van der Waals surface area contributed by atoms with Crippen molar-refractivity contribution in [3.8, 4) is 0 Å². The predicted octanol–water partition coefficient (Wildman–Crippen LogP) is 2.24. The number of carbonyl (C=O) groups is 2. The highest BCUT2D eigenvalue weighted by atomic mass is 16.5. The van der Waals surface area contributed by atoms with Crippen molar-refractivity contribution in [3.05, 3.63) is 0 Å². The largest absolute Gasteiger partial charge is 0.391 e. The number of hydrogen-bond acceptors (Lipinski definition) is 7. The molecular formula is C31H51N3O6. The average Bonchev–Trinajstić information content (AvgIpc) is 3.32. The SMILES string of the molecule is COC1CCC2C3NCCC4C5CC(O[C@@H](C)C(=O)NC[C@H](O)C6CCCCC6)CCC5N(C(=O)C2C1OC)C43. The first-order valence-electron chi connectivity index (χ1n) is 16.1. The summed E-state index contributed by atoms with van der Waals surface area (Å²) in [4.78, 5) is 29.4. The van der Waals surface area contributed by atoms with E-state index in [2.05, 4.69) is 15.5 Å². The summed E-state index contributed by atoms with van der Waals surface area (Å²) >= 11 is 0. The molecule has 3 saturated heterocycles. The van der Waals surface area contributed by atoms with Crippen LogP contribution in [0, 0.1) is 29.6 Å². The minimum atomic E-state index is -0.553. The van der Waals surface area contributed by atoms with Gasteiger partial charge in [0.2, 0.25) is 11.8 Å². The van der Waals surface area contributed by atoms with E-state index in [0.717, 1.165) is 57.9 Å². The molecule has 6 fully saturated rings. The van der Waals surface area contributed by atoms with Crippen LogP contribution < -0.4 is 10.6 Å². The summed E-state index contributed by atoms with van der Waals surface area (Å²) in [7, 11) is 3.45. The summed E-state index contributed by atoms with van der Waals surface area (Å²) in [6, 6.07) is 0.790. The van der Waals surface area contributed by atoms with Crippen molar-refractivity contribution >= 4 is 11.8 Å². The Labute approximate surface area is 239 Å². The number of carbonyl (C=O) groups excluding carboxylic acids is 2. The highest BCUT2D eigenvalue weighted by Gasteiger charge is 2.64. The fourth-order valence-corrected chi connectivity index (χ4v) is 9.85. The third kappa shape index (κ3) is 5.12. The van der Waals surface area contributed by atoms with Crippen molar-refractivity contribution in [1.29, 1.82) is 0 Å². The molecule has 0 radical (unpaired) electrons. The second-order valence-corrected chi connectivity index (χ2v) is 13.6. The third-order valence-corrected chi connectivity index (χ3v) is 11.7. The van der Waals surface area contributed by atoms with E-state index >= 15 is 0 Å². The van der Waals surface area contributed by atoms with Gasteiger partial charge in [-0.05, 0) is 88.5 Å². The molecule has 3 aliphatic carbocycles. The lowest BCUT2D eigenvalue weighted by atomic mass is 9.64. The van der Waals surface area contributed by atoms with Crippen molar-refractivity contribution in [2.75, 3.05) is 27.3 Å². The van der Waals surface area contributed by atoms with Crippen LogP contribution in [0.4, 0.5) is 0 Å². The van der Waals surface area contributed by atoms with Gasteiger partial charge in [-0.3, -0.25) is 9.59 Å². The first-order valence-corrected chi connectivity index (χ1v) is 16.1. The van der Waals surface area contributed by atoms with Crippen LogP contribution in [0.1, 0.15) is 77.6 Å². The fourth-order valence-electron chi connectivity index (χ4n) is 9.85. The normalized spacial score (nSPS) is 42.9. The van der Waals surface area contributed by atoms with Gasteiger partial charge in [-0.15, -0.1) is 0 Å². The Balaban J connectivity index is 1.09. The number of ether oxygens (including phenoxy) is 3. The molecule has 12 atom stereocenters. The van der Waals surface area contributed by atoms with Crippen molar-refractivity contribution in [2.45, 2.75) is 126 Å². The van der Waals surface area contributed by atoms with Crippen LogP contribution in [-0.4, -0.2) is 97.8 Å². The zero-order valence-electron chi connectivity index (χ0n) is 24.6. The lowest BCUT2D eigenvalue weighted by Crippen LogP contribution is -2.70. The first kappa shape index (κ1) is 28.8. The van der Waals surface area contributed by atoms with Gasteiger partial charge in [0.05, 0.1) is 36.4 Å². The van der Waals surface area contributed by atoms with Gasteiger partial charge in [0.25, 0.3) is 0 Å². The summed E-state index contributed by atoms with van der Waals surface area (Å²) in [6.45, 7) is 3.12. The van der Waals surface area contributed by atoms with E-state index in [1.165, 1.54) is 19.3 Å². The number of rotatable bonds is 8. The summed E-state index contributed by atoms with van der Waals surface area (Å²) in [5, 5.41) is 17.3. The molecule has 0 aromatic carbocycles. The molecule has 9 heteroatoms. The highest BCUT2D eigenvalue weighted by Crippen LogP contribution is 2.54. The Morgan fingerprint density at radius 1 is 1.02 bits per heavy atom. The Kier molecular flexibility index (Phi) is 8.76. The maximum Gasteiger partial charge on any atom is 0.248 e. The van der Waals surface area contributed by atoms with Gasteiger partial charge >= 0.3 is 0 Å². The Morgan fingerprint density at radius 2 is 1.82 bits per heavy atom. The Morgan fingerprint density at radius 3 is 2.58 bits per heavy atom. The molecule has 3 saturated carbocycles. The van der Waals surface area contributed by atoms with Gasteiger partial charge in [0.1, 0.15) is 6.10 Å². The van der Waals surface area contributed by atoms with Crippen LogP contribution in [0.5, 0.6) is 0 Å². The van der Waals surface area contributed by atoms with Crippen LogP contribution >= 0.6 is 0 Å². The highest BCUT2D eigenvalue weighted by molar-refractivity contribution is 5.83. The lowest BCUT2D eigenvalue weighted by Gasteiger charge is -2.55. The molecule has 3 N–H and O–H groups in total. The van der Waals surface area contributed by atoms with Crippen LogP contribution in [0.2, 0.25) is 0 Å². The zero-order valence-corrected chi connectivity index (χ0v) is 24.6. The van der Waals surface area contributed by atoms with Crippen molar-refractivity contribution in [3.63, 3.8) is 0 Å². The number of piperidine rings is 2. The smallest absolute Gasteiger partial charge is 0.248 e. The second-order valence-electron chi connectivity index (χ2n) is 13.6. The number of nitrogens with zero attached hydrogens (tertiary/aromatic N) is 1. The van der Waals surface area contributed by atoms with Gasteiger partial charge < -0.3 is 34.9 Å². The molecule has 9 nitrogen and oxygen atoms in total. The Bertz CT molecular complexity index is 914. The fraction of sp³-hybridized carbons (Fsp3) is 0.935. The topological polar surface area (TPSA) is 109 Å². The van der Waals surface area contributed by atoms with Crippen molar-refractivity contribution < 1.29 is 28.9 Å². The molecular weight excluding hydrogens is 510 g/mol. The van der Waals surface area contributed by atoms with E-state index in [-0.39, 0.29) is 54.0 Å². The molecule has 40 heavy (non-hydrogen) atoms. The second kappa shape index (κ2) is 12.2. The van der Waals surface area contributed by atoms with E-state index in [1.807, 2.05) is 6.92 Å². The minimum absolute atomic E-state index is 0.0157. The van der Waals surface area contributed by atoms with Crippen LogP contribution in [0.3, 0.4) is 0 Å². The van der Waals surface area contributed by atoms with Gasteiger partial charge in [-0.2, -0.15) is 0 Å². The number of aliphatic hydroxyl groups is 1. The molecule has 0 bridgehead atoms. The number of hydrogen-bond donors (Lipinski definition) is 3. The monoisotopic (exact) mass is 561 g/mol. The number of nitrogens with one attached hydrogen (secondary N) is 2. The van der Waals surface area contributed by atoms with Gasteiger partial charge in [-0.1, -0.05) is 19.3 Å². The number of methoxy groups -OCH3 is 2. The molecule has 2 amide bonds. The summed E-state index contributed by atoms with van der Waals surface area (Å²) < 4.78 is 18.1. The van der Waals surface area contributed by atoms with Crippen LogP contribution in [0.15, 0.2) is 0 Å². The molecule has 6 rings (SSSR count). The van der Waals surface area contributed by atoms with E-state index < -0.39 is 12.2 Å². The summed E-state index contributed by atoms with van der Waals surface area (Å²) in [5.41, 5.74) is 0. The zero-order chi connectivity index (χ0) is 28.0. The van der Waals surface area contributed by atoms with E-state index in [1.54, 1.807) is 14.2 Å². The number of aliphatic hydroxyl groups excluding tert-OH is 1. The summed E-state index contributed by atoms with van der Waals surface area (Å²) in [5.74, 6) is 1.43. The van der Waals surface area contributed by atoms with Crippen molar-refractivity contribution in [2.24, 2.45) is 29.6 Å². The molecule has 0 aromatic rings. The van der Waals surface area contributed by atoms with E-state index in [4.69, 9.17) is 14.2 Å². The van der Waals surface area contributed by atoms with Gasteiger partial charge in [-0.25, -0.2) is 0 Å². The van der Waals surface area contributed by atoms with Crippen molar-refractivity contribution in [1.82, 2.24) is 15.5 Å². The molecule has 0 spiro atoms. The molecule has 0 aromatic heterocycles. The molecule has 226 valence electrons. The standard InChI is InChI=1S/C31H51N3O6/c1-17(30(36)33-16-24(35)18-7-5-4-6-8-18)40-19-9-11-23-22(15-19)20-13-14-32-27-21-10-12-25(38-2)29(39-3)26(21)31(37)34(23)28(20)27/h17-29,32,35H,4-16H2,1-3H3,(H,33,36)/t17-,19?,20?,21?,22?,23?,24-,25?,26?,27?,28?,29?/m0/s1. The number of fused-ring (bicyclic) bond motifs is 5.